The molecule has 0 spiro atoms. The third kappa shape index (κ3) is 4.68. The second kappa shape index (κ2) is 8.73. The van der Waals surface area contributed by atoms with Crippen LogP contribution in [0.25, 0.3) is 0 Å². The molecule has 1 heterocycles. The predicted molar refractivity (Wildman–Crippen MR) is 103 cm³/mol. The Kier molecular flexibility index (Phi) is 6.38. The van der Waals surface area contributed by atoms with Gasteiger partial charge in [-0.2, -0.15) is 0 Å². The normalized spacial score (nSPS) is 15.6. The van der Waals surface area contributed by atoms with Crippen LogP contribution in [-0.2, 0) is 4.74 Å². The second-order valence-electron chi connectivity index (χ2n) is 6.05. The number of halogens is 2. The van der Waals surface area contributed by atoms with Crippen LogP contribution < -0.4 is 10.2 Å². The van der Waals surface area contributed by atoms with Gasteiger partial charge in [-0.15, -0.1) is 0 Å². The number of hydrogen-bond acceptors (Lipinski definition) is 4. The van der Waals surface area contributed by atoms with Crippen LogP contribution in [0.2, 0.25) is 10.0 Å². The van der Waals surface area contributed by atoms with Crippen molar-refractivity contribution in [3.63, 3.8) is 0 Å². The highest BCUT2D eigenvalue weighted by Gasteiger charge is 2.14. The third-order valence-electron chi connectivity index (χ3n) is 4.29. The Morgan fingerprint density at radius 2 is 1.81 bits per heavy atom. The summed E-state index contributed by atoms with van der Waals surface area (Å²) in [5.74, 6) is -0.312. The molecule has 2 aromatic rings. The van der Waals surface area contributed by atoms with Gasteiger partial charge in [-0.3, -0.25) is 4.79 Å². The van der Waals surface area contributed by atoms with Crippen molar-refractivity contribution >= 4 is 34.8 Å². The van der Waals surface area contributed by atoms with Crippen LogP contribution in [0.3, 0.4) is 0 Å². The number of nitrogens with zero attached hydrogens (tertiary/aromatic N) is 1. The summed E-state index contributed by atoms with van der Waals surface area (Å²) >= 11 is 11.8. The molecule has 138 valence electrons. The highest BCUT2D eigenvalue weighted by Crippen LogP contribution is 2.23. The number of carbonyl (C=O) groups excluding carboxylic acids is 1. The Morgan fingerprint density at radius 1 is 1.12 bits per heavy atom. The van der Waals surface area contributed by atoms with Crippen molar-refractivity contribution in [3.8, 4) is 0 Å². The smallest absolute Gasteiger partial charge is 0.251 e. The van der Waals surface area contributed by atoms with Gasteiger partial charge in [0.05, 0.1) is 29.4 Å². The summed E-state index contributed by atoms with van der Waals surface area (Å²) in [7, 11) is 0. The van der Waals surface area contributed by atoms with Crippen LogP contribution in [-0.4, -0.2) is 43.9 Å². The molecular formula is C19H20Cl2N2O3. The Morgan fingerprint density at radius 3 is 2.46 bits per heavy atom. The molecule has 3 rings (SSSR count). The molecule has 1 fully saturated rings. The molecular weight excluding hydrogens is 375 g/mol. The molecule has 0 aliphatic carbocycles. The summed E-state index contributed by atoms with van der Waals surface area (Å²) < 4.78 is 5.35. The van der Waals surface area contributed by atoms with Gasteiger partial charge in [-0.1, -0.05) is 35.3 Å². The average molecular weight is 395 g/mol. The standard InChI is InChI=1S/C19H20Cl2N2O3/c20-16-6-3-14(11-17(16)21)19(25)22-12-18(24)13-1-4-15(5-2-13)23-7-9-26-10-8-23/h1-6,11,18,24H,7-10,12H2,(H,22,25). The van der Waals surface area contributed by atoms with Crippen LogP contribution in [0, 0.1) is 0 Å². The van der Waals surface area contributed by atoms with Crippen molar-refractivity contribution in [1.82, 2.24) is 5.32 Å². The number of carbonyl (C=O) groups is 1. The SMILES string of the molecule is O=C(NCC(O)c1ccc(N2CCOCC2)cc1)c1ccc(Cl)c(Cl)c1. The van der Waals surface area contributed by atoms with E-state index in [0.29, 0.717) is 15.6 Å². The van der Waals surface area contributed by atoms with Crippen molar-refractivity contribution in [3.05, 3.63) is 63.6 Å². The number of ether oxygens (including phenoxy) is 1. The van der Waals surface area contributed by atoms with Crippen molar-refractivity contribution in [2.24, 2.45) is 0 Å². The lowest BCUT2D eigenvalue weighted by molar-refractivity contribution is 0.0916. The van der Waals surface area contributed by atoms with E-state index >= 15 is 0 Å². The maximum atomic E-state index is 12.2. The number of hydrogen-bond donors (Lipinski definition) is 2. The van der Waals surface area contributed by atoms with E-state index in [1.807, 2.05) is 24.3 Å². The summed E-state index contributed by atoms with van der Waals surface area (Å²) in [5, 5.41) is 13.7. The third-order valence-corrected chi connectivity index (χ3v) is 5.03. The molecule has 2 aromatic carbocycles. The lowest BCUT2D eigenvalue weighted by Gasteiger charge is -2.29. The molecule has 1 amide bonds. The Balaban J connectivity index is 1.56. The summed E-state index contributed by atoms with van der Waals surface area (Å²) in [6, 6.07) is 12.4. The van der Waals surface area contributed by atoms with Gasteiger partial charge in [0.1, 0.15) is 0 Å². The van der Waals surface area contributed by atoms with E-state index in [0.717, 1.165) is 37.6 Å². The highest BCUT2D eigenvalue weighted by atomic mass is 35.5. The molecule has 1 aliphatic heterocycles. The van der Waals surface area contributed by atoms with Crippen molar-refractivity contribution in [2.75, 3.05) is 37.7 Å². The lowest BCUT2D eigenvalue weighted by Crippen LogP contribution is -2.36. The molecule has 1 atom stereocenters. The van der Waals surface area contributed by atoms with Crippen LogP contribution >= 0.6 is 23.2 Å². The van der Waals surface area contributed by atoms with Gasteiger partial charge in [0.2, 0.25) is 0 Å². The zero-order chi connectivity index (χ0) is 18.5. The van der Waals surface area contributed by atoms with Crippen LogP contribution in [0.15, 0.2) is 42.5 Å². The molecule has 0 radical (unpaired) electrons. The fourth-order valence-electron chi connectivity index (χ4n) is 2.78. The summed E-state index contributed by atoms with van der Waals surface area (Å²) in [4.78, 5) is 14.4. The van der Waals surface area contributed by atoms with Crippen LogP contribution in [0.1, 0.15) is 22.0 Å². The van der Waals surface area contributed by atoms with E-state index < -0.39 is 6.10 Å². The maximum Gasteiger partial charge on any atom is 0.251 e. The minimum Gasteiger partial charge on any atom is -0.387 e. The molecule has 5 nitrogen and oxygen atoms in total. The number of aliphatic hydroxyl groups is 1. The molecule has 1 saturated heterocycles. The Labute approximate surface area is 162 Å². The quantitative estimate of drug-likeness (QED) is 0.816. The number of nitrogens with one attached hydrogen (secondary N) is 1. The molecule has 26 heavy (non-hydrogen) atoms. The first-order chi connectivity index (χ1) is 12.5. The molecule has 7 heteroatoms. The summed E-state index contributed by atoms with van der Waals surface area (Å²) in [6.45, 7) is 3.29. The zero-order valence-electron chi connectivity index (χ0n) is 14.1. The van der Waals surface area contributed by atoms with Crippen LogP contribution in [0.5, 0.6) is 0 Å². The number of anilines is 1. The van der Waals surface area contributed by atoms with E-state index in [2.05, 4.69) is 10.2 Å². The first kappa shape index (κ1) is 19.0. The summed E-state index contributed by atoms with van der Waals surface area (Å²) in [6.07, 6.45) is -0.791. The first-order valence-electron chi connectivity index (χ1n) is 8.38. The molecule has 1 unspecified atom stereocenters. The van der Waals surface area contributed by atoms with Gasteiger partial charge >= 0.3 is 0 Å². The maximum absolute atomic E-state index is 12.2. The van der Waals surface area contributed by atoms with Gasteiger partial charge in [0.15, 0.2) is 0 Å². The average Bonchev–Trinajstić information content (AvgIpc) is 2.68. The Bertz CT molecular complexity index is 762. The fraction of sp³-hybridized carbons (Fsp3) is 0.316. The molecule has 0 aromatic heterocycles. The second-order valence-corrected chi connectivity index (χ2v) is 6.86. The zero-order valence-corrected chi connectivity index (χ0v) is 15.6. The van der Waals surface area contributed by atoms with E-state index in [-0.39, 0.29) is 12.5 Å². The monoisotopic (exact) mass is 394 g/mol. The van der Waals surface area contributed by atoms with Gasteiger partial charge in [0, 0.05) is 30.9 Å². The van der Waals surface area contributed by atoms with Gasteiger partial charge in [-0.05, 0) is 35.9 Å². The summed E-state index contributed by atoms with van der Waals surface area (Å²) in [5.41, 5.74) is 2.25. The highest BCUT2D eigenvalue weighted by molar-refractivity contribution is 6.42. The first-order valence-corrected chi connectivity index (χ1v) is 9.14. The van der Waals surface area contributed by atoms with Crippen molar-refractivity contribution < 1.29 is 14.6 Å². The minimum absolute atomic E-state index is 0.107. The number of benzene rings is 2. The fourth-order valence-corrected chi connectivity index (χ4v) is 3.07. The van der Waals surface area contributed by atoms with E-state index in [1.165, 1.54) is 6.07 Å². The van der Waals surface area contributed by atoms with E-state index in [1.54, 1.807) is 12.1 Å². The molecule has 1 aliphatic rings. The van der Waals surface area contributed by atoms with Crippen molar-refractivity contribution in [2.45, 2.75) is 6.10 Å². The molecule has 0 bridgehead atoms. The topological polar surface area (TPSA) is 61.8 Å². The largest absolute Gasteiger partial charge is 0.387 e. The van der Waals surface area contributed by atoms with E-state index in [9.17, 15) is 9.90 Å². The van der Waals surface area contributed by atoms with E-state index in [4.69, 9.17) is 27.9 Å². The molecule has 2 N–H and O–H groups in total. The minimum atomic E-state index is -0.791. The molecule has 0 saturated carbocycles. The van der Waals surface area contributed by atoms with Gasteiger partial charge in [-0.25, -0.2) is 0 Å². The van der Waals surface area contributed by atoms with Gasteiger partial charge < -0.3 is 20.1 Å². The van der Waals surface area contributed by atoms with Crippen LogP contribution in [0.4, 0.5) is 5.69 Å². The number of amides is 1. The number of morpholine rings is 1. The number of aliphatic hydroxyl groups excluding tert-OH is 1. The Hall–Kier alpha value is -1.79. The van der Waals surface area contributed by atoms with Crippen molar-refractivity contribution in [1.29, 1.82) is 0 Å². The van der Waals surface area contributed by atoms with Gasteiger partial charge in [0.25, 0.3) is 5.91 Å². The predicted octanol–water partition coefficient (Wildman–Crippen LogP) is 3.29. The number of rotatable bonds is 5. The lowest BCUT2D eigenvalue weighted by atomic mass is 10.1.